The van der Waals surface area contributed by atoms with Gasteiger partial charge in [-0.25, -0.2) is 0 Å². The zero-order valence-electron chi connectivity index (χ0n) is 12.2. The monoisotopic (exact) mass is 353 g/mol. The first-order chi connectivity index (χ1) is 10.5. The van der Waals surface area contributed by atoms with E-state index in [2.05, 4.69) is 9.50 Å². The van der Waals surface area contributed by atoms with Crippen LogP contribution < -0.4 is 14.2 Å². The van der Waals surface area contributed by atoms with Gasteiger partial charge in [-0.1, -0.05) is 6.07 Å². The van der Waals surface area contributed by atoms with Crippen molar-refractivity contribution in [2.24, 2.45) is 0 Å². The van der Waals surface area contributed by atoms with Gasteiger partial charge < -0.3 is 14.2 Å². The third-order valence-corrected chi connectivity index (χ3v) is 4.19. The number of fused-ring (bicyclic) bond motifs is 1. The lowest BCUT2D eigenvalue weighted by Crippen LogP contribution is -2.42. The van der Waals surface area contributed by atoms with E-state index in [4.69, 9.17) is 4.74 Å². The van der Waals surface area contributed by atoms with Crippen molar-refractivity contribution in [2.75, 3.05) is 0 Å². The molecule has 1 aromatic carbocycles. The van der Waals surface area contributed by atoms with Gasteiger partial charge in [0.15, 0.2) is 0 Å². The second-order valence-corrected chi connectivity index (χ2v) is 6.64. The number of alkyl halides is 3. The Morgan fingerprint density at radius 3 is 2.65 bits per heavy atom. The molecule has 128 valence electrons. The predicted octanol–water partition coefficient (Wildman–Crippen LogP) is 1.74. The van der Waals surface area contributed by atoms with E-state index in [0.717, 1.165) is 12.1 Å². The normalized spacial score (nSPS) is 18.7. The van der Waals surface area contributed by atoms with Crippen LogP contribution in [0.2, 0.25) is 0 Å². The van der Waals surface area contributed by atoms with Gasteiger partial charge in [0.05, 0.1) is 6.04 Å². The van der Waals surface area contributed by atoms with Crippen LogP contribution in [-0.2, 0) is 21.3 Å². The van der Waals surface area contributed by atoms with Gasteiger partial charge in [-0.3, -0.25) is 4.79 Å². The van der Waals surface area contributed by atoms with E-state index in [1.807, 2.05) is 0 Å². The van der Waals surface area contributed by atoms with Gasteiger partial charge in [-0.2, -0.15) is 21.6 Å². The van der Waals surface area contributed by atoms with Crippen molar-refractivity contribution in [1.29, 1.82) is 0 Å². The average Bonchev–Trinajstić information content (AvgIpc) is 2.79. The van der Waals surface area contributed by atoms with Gasteiger partial charge in [0.2, 0.25) is 5.91 Å². The van der Waals surface area contributed by atoms with Crippen LogP contribution in [0.5, 0.6) is 11.5 Å². The number of halogens is 3. The number of nitrogens with one attached hydrogen (secondary N) is 1. The van der Waals surface area contributed by atoms with E-state index < -0.39 is 27.5 Å². The van der Waals surface area contributed by atoms with Crippen LogP contribution >= 0.6 is 0 Å². The summed E-state index contributed by atoms with van der Waals surface area (Å²) in [6, 6.07) is 3.32. The number of carbonyl (C=O) groups excluding carboxylic acids is 1. The first-order valence-corrected chi connectivity index (χ1v) is 7.98. The lowest BCUT2D eigenvalue weighted by Gasteiger charge is -2.19. The summed E-state index contributed by atoms with van der Waals surface area (Å²) in [6.45, 7) is 3.08. The van der Waals surface area contributed by atoms with Crippen molar-refractivity contribution in [3.05, 3.63) is 23.8 Å². The number of ether oxygens (including phenoxy) is 1. The molecule has 1 aromatic rings. The number of hydrogen-bond acceptors (Lipinski definition) is 5. The molecule has 0 fully saturated rings. The summed E-state index contributed by atoms with van der Waals surface area (Å²) in [4.78, 5) is 11.0. The zero-order valence-corrected chi connectivity index (χ0v) is 13.0. The molecule has 1 heterocycles. The van der Waals surface area contributed by atoms with Crippen molar-refractivity contribution in [1.82, 2.24) is 5.32 Å². The third-order valence-electron chi connectivity index (χ3n) is 3.22. The number of amides is 1. The minimum atomic E-state index is -5.73. The van der Waals surface area contributed by atoms with Crippen molar-refractivity contribution < 1.29 is 35.3 Å². The summed E-state index contributed by atoms with van der Waals surface area (Å²) in [5.74, 6) is -0.506. The Kier molecular flexibility index (Phi) is 4.47. The van der Waals surface area contributed by atoms with Gasteiger partial charge in [-0.15, -0.1) is 0 Å². The Morgan fingerprint density at radius 2 is 2.09 bits per heavy atom. The summed E-state index contributed by atoms with van der Waals surface area (Å²) in [5, 5.41) is 2.65. The molecule has 1 N–H and O–H groups in total. The third kappa shape index (κ3) is 3.87. The summed E-state index contributed by atoms with van der Waals surface area (Å²) < 4.78 is 68.4. The van der Waals surface area contributed by atoms with Gasteiger partial charge >= 0.3 is 15.6 Å². The van der Waals surface area contributed by atoms with Gasteiger partial charge in [0, 0.05) is 19.4 Å². The molecule has 1 amide bonds. The molecule has 0 saturated heterocycles. The summed E-state index contributed by atoms with van der Waals surface area (Å²) in [5.41, 5.74) is -4.82. The number of benzene rings is 1. The standard InChI is InChI=1S/C13H14F3NO5S/c1-7(17-8(2)18)11-5-9-3-4-10(6-12(9)21-11)22-23(19,20)13(14,15)16/h3-4,6-7,11H,5H2,1-2H3,(H,17,18)/t7-,11-/m1/s1. The summed E-state index contributed by atoms with van der Waals surface area (Å²) in [6.07, 6.45) is 0.0340. The maximum atomic E-state index is 12.3. The number of hydrogen-bond donors (Lipinski definition) is 1. The lowest BCUT2D eigenvalue weighted by molar-refractivity contribution is -0.120. The highest BCUT2D eigenvalue weighted by atomic mass is 32.2. The van der Waals surface area contributed by atoms with E-state index in [-0.39, 0.29) is 17.7 Å². The Labute approximate surface area is 130 Å². The molecule has 0 spiro atoms. The van der Waals surface area contributed by atoms with Crippen molar-refractivity contribution >= 4 is 16.0 Å². The first-order valence-electron chi connectivity index (χ1n) is 6.57. The van der Waals surface area contributed by atoms with Crippen molar-refractivity contribution in [3.8, 4) is 11.5 Å². The maximum absolute atomic E-state index is 12.3. The Morgan fingerprint density at radius 1 is 1.43 bits per heavy atom. The van der Waals surface area contributed by atoms with Crippen LogP contribution in [0.25, 0.3) is 0 Å². The maximum Gasteiger partial charge on any atom is 0.534 e. The fourth-order valence-corrected chi connectivity index (χ4v) is 2.60. The van der Waals surface area contributed by atoms with Gasteiger partial charge in [0.25, 0.3) is 0 Å². The van der Waals surface area contributed by atoms with Crippen LogP contribution in [0.15, 0.2) is 18.2 Å². The number of carbonyl (C=O) groups is 1. The minimum absolute atomic E-state index is 0.224. The summed E-state index contributed by atoms with van der Waals surface area (Å²) in [7, 11) is -5.73. The molecule has 2 rings (SSSR count). The van der Waals surface area contributed by atoms with Gasteiger partial charge in [0.1, 0.15) is 17.6 Å². The molecule has 0 aromatic heterocycles. The molecular weight excluding hydrogens is 339 g/mol. The molecule has 0 radical (unpaired) electrons. The van der Waals surface area contributed by atoms with E-state index in [9.17, 15) is 26.4 Å². The lowest BCUT2D eigenvalue weighted by atomic mass is 10.1. The molecule has 10 heteroatoms. The van der Waals surface area contributed by atoms with Crippen LogP contribution in [0, 0.1) is 0 Å². The Bertz CT molecular complexity index is 717. The minimum Gasteiger partial charge on any atom is -0.488 e. The molecule has 0 saturated carbocycles. The molecule has 2 atom stereocenters. The molecule has 23 heavy (non-hydrogen) atoms. The molecule has 0 bridgehead atoms. The Balaban J connectivity index is 2.14. The molecule has 0 aliphatic carbocycles. The van der Waals surface area contributed by atoms with Crippen molar-refractivity contribution in [3.63, 3.8) is 0 Å². The van der Waals surface area contributed by atoms with E-state index in [1.54, 1.807) is 6.92 Å². The molecule has 6 nitrogen and oxygen atoms in total. The van der Waals surface area contributed by atoms with E-state index >= 15 is 0 Å². The van der Waals surface area contributed by atoms with E-state index in [0.29, 0.717) is 12.0 Å². The Hall–Kier alpha value is -1.97. The SMILES string of the molecule is CC(=O)N[C@H](C)[C@H]1Cc2ccc(OS(=O)(=O)C(F)(F)F)cc2O1. The van der Waals surface area contributed by atoms with Crippen molar-refractivity contribution in [2.45, 2.75) is 37.9 Å². The fraction of sp³-hybridized carbons (Fsp3) is 0.462. The van der Waals surface area contributed by atoms with Crippen LogP contribution in [0.4, 0.5) is 13.2 Å². The predicted molar refractivity (Wildman–Crippen MR) is 73.4 cm³/mol. The molecular formula is C13H14F3NO5S. The van der Waals surface area contributed by atoms with Crippen LogP contribution in [0.3, 0.4) is 0 Å². The van der Waals surface area contributed by atoms with Gasteiger partial charge in [-0.05, 0) is 18.6 Å². The second kappa shape index (κ2) is 5.91. The summed E-state index contributed by atoms with van der Waals surface area (Å²) >= 11 is 0. The zero-order chi connectivity index (χ0) is 17.4. The number of rotatable bonds is 4. The fourth-order valence-electron chi connectivity index (χ4n) is 2.15. The first kappa shape index (κ1) is 17.4. The van der Waals surface area contributed by atoms with Crippen LogP contribution in [-0.4, -0.2) is 32.0 Å². The highest BCUT2D eigenvalue weighted by Gasteiger charge is 2.48. The highest BCUT2D eigenvalue weighted by molar-refractivity contribution is 7.88. The second-order valence-electron chi connectivity index (χ2n) is 5.10. The molecule has 0 unspecified atom stereocenters. The molecule has 1 aliphatic heterocycles. The highest BCUT2D eigenvalue weighted by Crippen LogP contribution is 2.35. The van der Waals surface area contributed by atoms with E-state index in [1.165, 1.54) is 13.0 Å². The van der Waals surface area contributed by atoms with Crippen LogP contribution in [0.1, 0.15) is 19.4 Å². The smallest absolute Gasteiger partial charge is 0.488 e. The molecule has 1 aliphatic rings. The topological polar surface area (TPSA) is 81.7 Å². The quantitative estimate of drug-likeness (QED) is 0.659. The average molecular weight is 353 g/mol. The largest absolute Gasteiger partial charge is 0.534 e.